The fraction of sp³-hybridized carbons (Fsp3) is 0.136. The highest BCUT2D eigenvalue weighted by molar-refractivity contribution is 7.92. The highest BCUT2D eigenvalue weighted by Gasteiger charge is 2.33. The molecular formula is C22H18ClN3O4S. The van der Waals surface area contributed by atoms with E-state index in [0.717, 1.165) is 9.87 Å². The van der Waals surface area contributed by atoms with Crippen molar-refractivity contribution in [3.8, 4) is 0 Å². The number of nitrogens with zero attached hydrogens (tertiary/aromatic N) is 2. The minimum Gasteiger partial charge on any atom is -0.324 e. The molecule has 1 amide bonds. The van der Waals surface area contributed by atoms with Gasteiger partial charge in [0.25, 0.3) is 10.0 Å². The van der Waals surface area contributed by atoms with Crippen LogP contribution in [0.15, 0.2) is 71.8 Å². The maximum atomic E-state index is 13.2. The second kappa shape index (κ2) is 8.49. The lowest BCUT2D eigenvalue weighted by Crippen LogP contribution is -2.38. The molecule has 0 fully saturated rings. The summed E-state index contributed by atoms with van der Waals surface area (Å²) in [6.07, 6.45) is 1.52. The number of Topliss-reactive ketones (excluding diaryl/α,β-unsaturated/α-hetero) is 1. The largest absolute Gasteiger partial charge is 0.324 e. The molecule has 1 aromatic heterocycles. The van der Waals surface area contributed by atoms with Crippen molar-refractivity contribution in [1.82, 2.24) is 4.98 Å². The van der Waals surface area contributed by atoms with Crippen LogP contribution < -0.4 is 9.62 Å². The number of carbonyl (C=O) groups excluding carboxylic acids is 2. The van der Waals surface area contributed by atoms with E-state index in [1.807, 2.05) is 30.3 Å². The van der Waals surface area contributed by atoms with Crippen LogP contribution in [0.2, 0.25) is 5.02 Å². The van der Waals surface area contributed by atoms with Crippen molar-refractivity contribution in [3.63, 3.8) is 0 Å². The Labute approximate surface area is 184 Å². The van der Waals surface area contributed by atoms with E-state index in [1.54, 1.807) is 12.1 Å². The number of hydrogen-bond donors (Lipinski definition) is 1. The minimum atomic E-state index is -3.97. The third-order valence-corrected chi connectivity index (χ3v) is 6.86. The summed E-state index contributed by atoms with van der Waals surface area (Å²) in [4.78, 5) is 28.9. The van der Waals surface area contributed by atoms with Crippen LogP contribution in [0.1, 0.15) is 22.5 Å². The zero-order valence-electron chi connectivity index (χ0n) is 16.3. The SMILES string of the molecule is O=C(Cc1ccccc1)Nc1cnc2c(c1)N(S(=O)(=O)c1cccc(Cl)c1)CCC2=O. The lowest BCUT2D eigenvalue weighted by atomic mass is 10.1. The molecule has 7 nitrogen and oxygen atoms in total. The number of aromatic nitrogens is 1. The first-order chi connectivity index (χ1) is 14.8. The molecular weight excluding hydrogens is 438 g/mol. The number of hydrogen-bond acceptors (Lipinski definition) is 5. The number of ketones is 1. The lowest BCUT2D eigenvalue weighted by Gasteiger charge is -2.29. The Morgan fingerprint density at radius 3 is 2.61 bits per heavy atom. The first kappa shape index (κ1) is 21.0. The number of fused-ring (bicyclic) bond motifs is 1. The van der Waals surface area contributed by atoms with Crippen molar-refractivity contribution in [1.29, 1.82) is 0 Å². The van der Waals surface area contributed by atoms with E-state index >= 15 is 0 Å². The molecule has 158 valence electrons. The van der Waals surface area contributed by atoms with Crippen LogP contribution in [-0.2, 0) is 21.2 Å². The monoisotopic (exact) mass is 455 g/mol. The van der Waals surface area contributed by atoms with Gasteiger partial charge in [0.15, 0.2) is 5.78 Å². The summed E-state index contributed by atoms with van der Waals surface area (Å²) in [6.45, 7) is -0.0240. The van der Waals surface area contributed by atoms with Gasteiger partial charge in [-0.1, -0.05) is 48.0 Å². The summed E-state index contributed by atoms with van der Waals surface area (Å²) in [5.74, 6) is -0.533. The number of rotatable bonds is 5. The van der Waals surface area contributed by atoms with Crippen molar-refractivity contribution >= 4 is 44.7 Å². The van der Waals surface area contributed by atoms with Crippen molar-refractivity contribution in [2.45, 2.75) is 17.7 Å². The number of sulfonamides is 1. The molecule has 0 saturated heterocycles. The van der Waals surface area contributed by atoms with E-state index in [4.69, 9.17) is 11.6 Å². The zero-order valence-corrected chi connectivity index (χ0v) is 17.9. The topological polar surface area (TPSA) is 96.4 Å². The summed E-state index contributed by atoms with van der Waals surface area (Å²) in [6, 6.07) is 16.6. The molecule has 9 heteroatoms. The molecule has 0 bridgehead atoms. The number of nitrogens with one attached hydrogen (secondary N) is 1. The maximum absolute atomic E-state index is 13.2. The lowest BCUT2D eigenvalue weighted by molar-refractivity contribution is -0.115. The van der Waals surface area contributed by atoms with E-state index in [0.29, 0.717) is 5.69 Å². The number of amides is 1. The number of anilines is 2. The standard InChI is InChI=1S/C22H18ClN3O4S/c23-16-7-4-8-18(12-16)31(29,30)26-10-9-20(27)22-19(26)13-17(14-24-22)25-21(28)11-15-5-2-1-3-6-15/h1-8,12-14H,9-11H2,(H,25,28). The van der Waals surface area contributed by atoms with Crippen molar-refractivity contribution in [2.75, 3.05) is 16.2 Å². The molecule has 0 aliphatic carbocycles. The van der Waals surface area contributed by atoms with Gasteiger partial charge in [0.2, 0.25) is 5.91 Å². The van der Waals surface area contributed by atoms with Crippen LogP contribution >= 0.6 is 11.6 Å². The second-order valence-electron chi connectivity index (χ2n) is 7.01. The van der Waals surface area contributed by atoms with Gasteiger partial charge in [-0.05, 0) is 29.8 Å². The van der Waals surface area contributed by atoms with E-state index in [-0.39, 0.29) is 52.4 Å². The average molecular weight is 456 g/mol. The van der Waals surface area contributed by atoms with Crippen LogP contribution in [0.5, 0.6) is 0 Å². The van der Waals surface area contributed by atoms with E-state index in [9.17, 15) is 18.0 Å². The number of pyridine rings is 1. The van der Waals surface area contributed by atoms with Gasteiger partial charge < -0.3 is 5.32 Å². The summed E-state index contributed by atoms with van der Waals surface area (Å²) < 4.78 is 27.6. The Balaban J connectivity index is 1.65. The van der Waals surface area contributed by atoms with Crippen LogP contribution in [-0.4, -0.2) is 31.6 Å². The molecule has 0 radical (unpaired) electrons. The van der Waals surface area contributed by atoms with E-state index in [2.05, 4.69) is 10.3 Å². The Kier molecular flexibility index (Phi) is 5.75. The molecule has 3 aromatic rings. The number of benzene rings is 2. The van der Waals surface area contributed by atoms with Gasteiger partial charge in [-0.2, -0.15) is 0 Å². The van der Waals surface area contributed by atoms with Crippen molar-refractivity contribution in [2.24, 2.45) is 0 Å². The van der Waals surface area contributed by atoms with Crippen LogP contribution in [0.25, 0.3) is 0 Å². The summed E-state index contributed by atoms with van der Waals surface area (Å²) in [5.41, 5.74) is 1.33. The molecule has 4 rings (SSSR count). The smallest absolute Gasteiger partial charge is 0.264 e. The fourth-order valence-electron chi connectivity index (χ4n) is 3.36. The predicted molar refractivity (Wildman–Crippen MR) is 118 cm³/mol. The minimum absolute atomic E-state index is 0.0128. The van der Waals surface area contributed by atoms with Gasteiger partial charge in [0, 0.05) is 18.0 Å². The Morgan fingerprint density at radius 2 is 1.87 bits per heavy atom. The second-order valence-corrected chi connectivity index (χ2v) is 9.31. The molecule has 0 unspecified atom stereocenters. The molecule has 2 aromatic carbocycles. The predicted octanol–water partition coefficient (Wildman–Crippen LogP) is 3.70. The van der Waals surface area contributed by atoms with E-state index in [1.165, 1.54) is 24.4 Å². The molecule has 1 N–H and O–H groups in total. The molecule has 31 heavy (non-hydrogen) atoms. The van der Waals surface area contributed by atoms with E-state index < -0.39 is 10.0 Å². The average Bonchev–Trinajstić information content (AvgIpc) is 2.74. The number of carbonyl (C=O) groups is 2. The first-order valence-electron chi connectivity index (χ1n) is 9.50. The van der Waals surface area contributed by atoms with Gasteiger partial charge in [-0.3, -0.25) is 13.9 Å². The van der Waals surface area contributed by atoms with Gasteiger partial charge >= 0.3 is 0 Å². The molecule has 1 aliphatic heterocycles. The maximum Gasteiger partial charge on any atom is 0.264 e. The van der Waals surface area contributed by atoms with Gasteiger partial charge in [0.05, 0.1) is 28.9 Å². The van der Waals surface area contributed by atoms with Gasteiger partial charge in [0.1, 0.15) is 5.69 Å². The summed E-state index contributed by atoms with van der Waals surface area (Å²) in [7, 11) is -3.97. The van der Waals surface area contributed by atoms with Crippen molar-refractivity contribution < 1.29 is 18.0 Å². The quantitative estimate of drug-likeness (QED) is 0.632. The highest BCUT2D eigenvalue weighted by Crippen LogP contribution is 2.33. The normalized spacial score (nSPS) is 13.6. The Bertz CT molecular complexity index is 1260. The molecule has 0 atom stereocenters. The molecule has 0 spiro atoms. The van der Waals surface area contributed by atoms with Crippen LogP contribution in [0.3, 0.4) is 0 Å². The highest BCUT2D eigenvalue weighted by atomic mass is 35.5. The molecule has 0 saturated carbocycles. The molecule has 1 aliphatic rings. The first-order valence-corrected chi connectivity index (χ1v) is 11.3. The molecule has 2 heterocycles. The Hall–Kier alpha value is -3.23. The van der Waals surface area contributed by atoms with Crippen LogP contribution in [0.4, 0.5) is 11.4 Å². The van der Waals surface area contributed by atoms with Gasteiger partial charge in [-0.15, -0.1) is 0 Å². The number of halogens is 1. The zero-order chi connectivity index (χ0) is 22.0. The Morgan fingerprint density at radius 1 is 1.10 bits per heavy atom. The summed E-state index contributed by atoms with van der Waals surface area (Å²) >= 11 is 5.97. The fourth-order valence-corrected chi connectivity index (χ4v) is 5.12. The van der Waals surface area contributed by atoms with Crippen molar-refractivity contribution in [3.05, 3.63) is 83.1 Å². The summed E-state index contributed by atoms with van der Waals surface area (Å²) in [5, 5.41) is 3.01. The van der Waals surface area contributed by atoms with Crippen LogP contribution in [0, 0.1) is 0 Å². The third-order valence-electron chi connectivity index (χ3n) is 4.82. The third kappa shape index (κ3) is 4.45. The van der Waals surface area contributed by atoms with Gasteiger partial charge in [-0.25, -0.2) is 13.4 Å².